The molecule has 1 aliphatic heterocycles. The summed E-state index contributed by atoms with van der Waals surface area (Å²) in [6.45, 7) is 0.660. The van der Waals surface area contributed by atoms with E-state index in [1.54, 1.807) is 7.11 Å². The van der Waals surface area contributed by atoms with Gasteiger partial charge < -0.3 is 18.9 Å². The number of nitrogens with one attached hydrogen (secondary N) is 1. The third kappa shape index (κ3) is 9.88. The molecule has 0 bridgehead atoms. The van der Waals surface area contributed by atoms with E-state index in [1.165, 1.54) is 0 Å². The average molecular weight is 699 g/mol. The number of benzene rings is 4. The number of hydrogen-bond donors (Lipinski definition) is 1. The van der Waals surface area contributed by atoms with Crippen molar-refractivity contribution in [2.75, 3.05) is 19.0 Å². The van der Waals surface area contributed by atoms with Crippen LogP contribution in [0.25, 0.3) is 0 Å². The first kappa shape index (κ1) is 34.1. The highest BCUT2D eigenvalue weighted by Crippen LogP contribution is 2.37. The number of halogens is 1. The Labute approximate surface area is 285 Å². The number of morpholine rings is 1. The molecular weight excluding hydrogens is 658 g/mol. The lowest BCUT2D eigenvalue weighted by Gasteiger charge is -2.37. The van der Waals surface area contributed by atoms with Crippen molar-refractivity contribution in [2.24, 2.45) is 5.92 Å². The highest BCUT2D eigenvalue weighted by Gasteiger charge is 2.39. The summed E-state index contributed by atoms with van der Waals surface area (Å²) in [6.07, 6.45) is 2.27. The van der Waals surface area contributed by atoms with E-state index in [0.29, 0.717) is 24.8 Å². The first-order valence-electron chi connectivity index (χ1n) is 15.8. The van der Waals surface area contributed by atoms with Gasteiger partial charge in [-0.2, -0.15) is 0 Å². The van der Waals surface area contributed by atoms with Gasteiger partial charge in [0.25, 0.3) is 0 Å². The van der Waals surface area contributed by atoms with Crippen LogP contribution in [0.2, 0.25) is 0 Å². The van der Waals surface area contributed by atoms with Crippen molar-refractivity contribution in [1.29, 1.82) is 0 Å². The van der Waals surface area contributed by atoms with Crippen molar-refractivity contribution < 1.29 is 28.5 Å². The van der Waals surface area contributed by atoms with Crippen LogP contribution in [0.1, 0.15) is 47.2 Å². The molecule has 1 unspecified atom stereocenters. The van der Waals surface area contributed by atoms with Crippen LogP contribution < -0.4 is 10.1 Å². The van der Waals surface area contributed by atoms with Crippen molar-refractivity contribution in [3.8, 4) is 5.75 Å². The van der Waals surface area contributed by atoms with Crippen LogP contribution in [0.4, 0.5) is 0 Å². The highest BCUT2D eigenvalue weighted by atomic mass is 79.9. The summed E-state index contributed by atoms with van der Waals surface area (Å²) in [5.74, 6) is -0.496. The third-order valence-corrected chi connectivity index (χ3v) is 8.47. The zero-order valence-corrected chi connectivity index (χ0v) is 28.0. The molecule has 0 saturated carbocycles. The van der Waals surface area contributed by atoms with E-state index < -0.39 is 18.1 Å². The second kappa shape index (κ2) is 17.6. The largest absolute Gasteiger partial charge is 0.497 e. The van der Waals surface area contributed by atoms with Crippen LogP contribution in [-0.4, -0.2) is 37.0 Å². The zero-order valence-electron chi connectivity index (χ0n) is 26.4. The zero-order chi connectivity index (χ0) is 32.8. The number of methoxy groups -OCH3 is 1. The first-order chi connectivity index (χ1) is 23.0. The van der Waals surface area contributed by atoms with E-state index >= 15 is 0 Å². The minimum Gasteiger partial charge on any atom is -0.497 e. The Balaban J connectivity index is 1.30. The molecule has 244 valence electrons. The van der Waals surface area contributed by atoms with Gasteiger partial charge in [0.15, 0.2) is 0 Å². The van der Waals surface area contributed by atoms with E-state index in [4.69, 9.17) is 18.9 Å². The summed E-state index contributed by atoms with van der Waals surface area (Å²) in [7, 11) is 1.63. The highest BCUT2D eigenvalue weighted by molar-refractivity contribution is 9.09. The van der Waals surface area contributed by atoms with Crippen LogP contribution in [0.3, 0.4) is 0 Å². The van der Waals surface area contributed by atoms with Gasteiger partial charge >= 0.3 is 11.9 Å². The Bertz CT molecular complexity index is 1580. The van der Waals surface area contributed by atoms with Crippen LogP contribution in [0.15, 0.2) is 127 Å². The lowest BCUT2D eigenvalue weighted by Crippen LogP contribution is -2.49. The second-order valence-corrected chi connectivity index (χ2v) is 12.1. The fourth-order valence-electron chi connectivity index (χ4n) is 5.66. The van der Waals surface area contributed by atoms with Gasteiger partial charge in [-0.05, 0) is 47.2 Å². The Hall–Kier alpha value is -4.24. The molecule has 8 heteroatoms. The van der Waals surface area contributed by atoms with Crippen LogP contribution >= 0.6 is 15.9 Å². The minimum absolute atomic E-state index is 0.157. The molecule has 0 aliphatic carbocycles. The molecule has 0 amide bonds. The fourth-order valence-corrected chi connectivity index (χ4v) is 6.12. The Morgan fingerprint density at radius 3 is 2.11 bits per heavy atom. The summed E-state index contributed by atoms with van der Waals surface area (Å²) in [6, 6.07) is 36.2. The maximum Gasteiger partial charge on any atom is 0.324 e. The van der Waals surface area contributed by atoms with Gasteiger partial charge in [-0.15, -0.1) is 0 Å². The molecule has 5 rings (SSSR count). The smallest absolute Gasteiger partial charge is 0.324 e. The maximum absolute atomic E-state index is 13.5. The molecule has 1 saturated heterocycles. The molecular formula is C39H40BrNO6. The van der Waals surface area contributed by atoms with E-state index in [-0.39, 0.29) is 31.2 Å². The van der Waals surface area contributed by atoms with Gasteiger partial charge in [0.05, 0.1) is 32.3 Å². The maximum atomic E-state index is 13.5. The molecule has 4 aromatic carbocycles. The molecule has 4 atom stereocenters. The molecule has 47 heavy (non-hydrogen) atoms. The van der Waals surface area contributed by atoms with Crippen molar-refractivity contribution >= 4 is 27.9 Å². The van der Waals surface area contributed by atoms with Gasteiger partial charge in [-0.25, -0.2) is 0 Å². The number of allylic oxidation sites excluding steroid dienone is 1. The number of esters is 2. The summed E-state index contributed by atoms with van der Waals surface area (Å²) < 4.78 is 23.2. The van der Waals surface area contributed by atoms with Gasteiger partial charge in [0, 0.05) is 5.33 Å². The molecule has 7 nitrogen and oxygen atoms in total. The number of cyclic esters (lactones) is 1. The normalized spacial score (nSPS) is 18.6. The Kier molecular flexibility index (Phi) is 12.8. The third-order valence-electron chi connectivity index (χ3n) is 8.14. The fraction of sp³-hybridized carbons (Fsp3) is 0.282. The number of carbonyl (C=O) groups excluding carboxylic acids is 2. The van der Waals surface area contributed by atoms with Crippen molar-refractivity contribution in [2.45, 2.75) is 44.2 Å². The predicted molar refractivity (Wildman–Crippen MR) is 185 cm³/mol. The quantitative estimate of drug-likeness (QED) is 0.0776. The first-order valence-corrected chi connectivity index (χ1v) is 16.9. The molecule has 0 spiro atoms. The molecule has 1 aliphatic rings. The number of rotatable bonds is 15. The van der Waals surface area contributed by atoms with E-state index in [9.17, 15) is 9.59 Å². The van der Waals surface area contributed by atoms with Crippen molar-refractivity contribution in [3.63, 3.8) is 0 Å². The van der Waals surface area contributed by atoms with E-state index in [2.05, 4.69) is 21.2 Å². The van der Waals surface area contributed by atoms with Crippen molar-refractivity contribution in [1.82, 2.24) is 5.32 Å². The molecule has 1 fully saturated rings. The Morgan fingerprint density at radius 1 is 0.851 bits per heavy atom. The number of alkyl halides is 1. The molecule has 4 aromatic rings. The summed E-state index contributed by atoms with van der Waals surface area (Å²) in [5, 5.41) is 4.16. The second-order valence-electron chi connectivity index (χ2n) is 11.5. The van der Waals surface area contributed by atoms with Crippen LogP contribution in [0, 0.1) is 5.92 Å². The van der Waals surface area contributed by atoms with Crippen molar-refractivity contribution in [3.05, 3.63) is 149 Å². The number of hydrogen-bond acceptors (Lipinski definition) is 7. The molecule has 1 N–H and O–H groups in total. The summed E-state index contributed by atoms with van der Waals surface area (Å²) in [5.41, 5.74) is 4.75. The number of ether oxygens (including phenoxy) is 4. The predicted octanol–water partition coefficient (Wildman–Crippen LogP) is 7.67. The van der Waals surface area contributed by atoms with Gasteiger partial charge in [-0.3, -0.25) is 14.9 Å². The topological polar surface area (TPSA) is 83.1 Å². The summed E-state index contributed by atoms with van der Waals surface area (Å²) >= 11 is 3.53. The minimum atomic E-state index is -0.605. The van der Waals surface area contributed by atoms with E-state index in [1.807, 2.05) is 121 Å². The summed E-state index contributed by atoms with van der Waals surface area (Å²) in [4.78, 5) is 27.0. The molecule has 0 radical (unpaired) electrons. The molecule has 0 aromatic heterocycles. The Morgan fingerprint density at radius 2 is 1.47 bits per heavy atom. The lowest BCUT2D eigenvalue weighted by molar-refractivity contribution is -0.161. The molecule has 1 heterocycles. The van der Waals surface area contributed by atoms with E-state index in [0.717, 1.165) is 33.6 Å². The van der Waals surface area contributed by atoms with Gasteiger partial charge in [0.2, 0.25) is 0 Å². The van der Waals surface area contributed by atoms with Crippen LogP contribution in [0.5, 0.6) is 5.75 Å². The van der Waals surface area contributed by atoms with Gasteiger partial charge in [-0.1, -0.05) is 131 Å². The van der Waals surface area contributed by atoms with Crippen LogP contribution in [-0.2, 0) is 37.0 Å². The lowest BCUT2D eigenvalue weighted by atomic mass is 9.90. The average Bonchev–Trinajstić information content (AvgIpc) is 3.12. The van der Waals surface area contributed by atoms with Gasteiger partial charge in [0.1, 0.15) is 24.5 Å². The SMILES string of the molecule is COc1ccc(COCC(C/C(=C/CBr)C[C@@H]2N[C@@H](c3ccccc3)[C@@H](c3ccccc3)OC2=O)C(=O)OCc2ccccc2)cc1. The standard InChI is InChI=1S/C39H40BrNO6/c1-44-34-19-17-29(18-20-34)25-45-27-33(38(42)46-26-28-11-5-2-6-12-28)23-30(21-22-40)24-35-39(43)47-37(32-15-9-4-10-16-32)36(41-35)31-13-7-3-8-14-31/h2-21,33,35-37,41H,22-27H2,1H3/b30-21-/t33?,35-,36-,37+/m0/s1. The number of carbonyl (C=O) groups is 2. The monoisotopic (exact) mass is 697 g/mol.